The molecule has 1 amide bonds. The molecule has 3 rings (SSSR count). The highest BCUT2D eigenvalue weighted by Crippen LogP contribution is 2.38. The lowest BCUT2D eigenvalue weighted by Gasteiger charge is -2.38. The van der Waals surface area contributed by atoms with Gasteiger partial charge in [0.2, 0.25) is 5.91 Å². The van der Waals surface area contributed by atoms with Gasteiger partial charge in [0.25, 0.3) is 0 Å². The second-order valence-corrected chi connectivity index (χ2v) is 10.2. The highest BCUT2D eigenvalue weighted by molar-refractivity contribution is 7.81. The number of hydrogen-bond acceptors (Lipinski definition) is 5. The van der Waals surface area contributed by atoms with Gasteiger partial charge in [0.15, 0.2) is 0 Å². The Kier molecular flexibility index (Phi) is 8.60. The van der Waals surface area contributed by atoms with Gasteiger partial charge in [0.05, 0.1) is 24.4 Å². The Balaban J connectivity index is 1.76. The summed E-state index contributed by atoms with van der Waals surface area (Å²) in [6.07, 6.45) is 0.312. The van der Waals surface area contributed by atoms with E-state index >= 15 is 0 Å². The molecule has 2 aromatic carbocycles. The van der Waals surface area contributed by atoms with Crippen LogP contribution < -0.4 is 15.4 Å². The number of nitrogens with one attached hydrogen (secondary N) is 2. The predicted molar refractivity (Wildman–Crippen MR) is 132 cm³/mol. The maximum absolute atomic E-state index is 13.7. The molecule has 0 saturated carbocycles. The maximum atomic E-state index is 13.7. The molecule has 1 aliphatic rings. The minimum Gasteiger partial charge on any atom is -0.491 e. The second-order valence-electron chi connectivity index (χ2n) is 9.55. The van der Waals surface area contributed by atoms with Crippen LogP contribution in [0.2, 0.25) is 0 Å². The van der Waals surface area contributed by atoms with Gasteiger partial charge in [-0.3, -0.25) is 4.79 Å². The Hall–Kier alpha value is -2.16. The highest BCUT2D eigenvalue weighted by Gasteiger charge is 2.34. The van der Waals surface area contributed by atoms with E-state index in [1.165, 1.54) is 19.1 Å². The summed E-state index contributed by atoms with van der Waals surface area (Å²) in [6.45, 7) is 10.4. The van der Waals surface area contributed by atoms with Gasteiger partial charge in [-0.2, -0.15) is 12.6 Å². The fourth-order valence-electron chi connectivity index (χ4n) is 4.28. The van der Waals surface area contributed by atoms with Crippen LogP contribution in [-0.2, 0) is 21.6 Å². The molecule has 0 unspecified atom stereocenters. The summed E-state index contributed by atoms with van der Waals surface area (Å²) in [5.41, 5.74) is 2.21. The Bertz CT molecular complexity index is 995. The van der Waals surface area contributed by atoms with E-state index in [-0.39, 0.29) is 29.7 Å². The average molecular weight is 493 g/mol. The van der Waals surface area contributed by atoms with Gasteiger partial charge in [-0.25, -0.2) is 8.78 Å². The number of halogens is 2. The van der Waals surface area contributed by atoms with Crippen LogP contribution in [-0.4, -0.2) is 36.5 Å². The normalized spacial score (nSPS) is 18.8. The van der Waals surface area contributed by atoms with Crippen molar-refractivity contribution in [3.05, 3.63) is 64.7 Å². The monoisotopic (exact) mass is 492 g/mol. The topological polar surface area (TPSA) is 59.6 Å². The fraction of sp³-hybridized carbons (Fsp3) is 0.500. The van der Waals surface area contributed by atoms with Crippen molar-refractivity contribution in [1.82, 2.24) is 10.6 Å². The van der Waals surface area contributed by atoms with Crippen molar-refractivity contribution >= 4 is 18.5 Å². The zero-order valence-corrected chi connectivity index (χ0v) is 21.2. The van der Waals surface area contributed by atoms with E-state index in [9.17, 15) is 13.6 Å². The molecule has 1 heterocycles. The molecule has 0 bridgehead atoms. The van der Waals surface area contributed by atoms with Gasteiger partial charge in [-0.1, -0.05) is 6.07 Å². The lowest BCUT2D eigenvalue weighted by Crippen LogP contribution is -2.47. The zero-order valence-electron chi connectivity index (χ0n) is 20.3. The van der Waals surface area contributed by atoms with Gasteiger partial charge in [-0.15, -0.1) is 0 Å². The Morgan fingerprint density at radius 1 is 1.21 bits per heavy atom. The Labute approximate surface area is 206 Å². The predicted octanol–water partition coefficient (Wildman–Crippen LogP) is 4.69. The standard InChI is InChI=1S/C26H34F2N2O3S/c1-15(2)33-20-6-7-22-21(12-20)24(14-32-26(22,4)5)29-13-25(34)23(30-16(3)31)10-17-8-18(27)11-19(28)9-17/h6-9,11-12,15,23-25,29,34H,10,13-14H2,1-5H3,(H,30,31)/t23-,24+,25+/m0/s1. The number of ether oxygens (including phenoxy) is 2. The molecular formula is C26H34F2N2O3S. The van der Waals surface area contributed by atoms with Crippen molar-refractivity contribution in [2.45, 2.75) is 70.1 Å². The van der Waals surface area contributed by atoms with Crippen LogP contribution in [0.5, 0.6) is 5.75 Å². The molecule has 186 valence electrons. The molecule has 0 radical (unpaired) electrons. The summed E-state index contributed by atoms with van der Waals surface area (Å²) >= 11 is 4.72. The first-order valence-corrected chi connectivity index (χ1v) is 12.0. The largest absolute Gasteiger partial charge is 0.491 e. The van der Waals surface area contributed by atoms with Crippen molar-refractivity contribution in [1.29, 1.82) is 0 Å². The van der Waals surface area contributed by atoms with Gasteiger partial charge in [0.1, 0.15) is 17.4 Å². The van der Waals surface area contributed by atoms with Crippen LogP contribution in [0.1, 0.15) is 57.4 Å². The van der Waals surface area contributed by atoms with Crippen LogP contribution in [0.4, 0.5) is 8.78 Å². The highest BCUT2D eigenvalue weighted by atomic mass is 32.1. The number of rotatable bonds is 9. The summed E-state index contributed by atoms with van der Waals surface area (Å²) in [7, 11) is 0. The summed E-state index contributed by atoms with van der Waals surface area (Å²) in [5, 5.41) is 6.05. The van der Waals surface area contributed by atoms with E-state index < -0.39 is 23.3 Å². The maximum Gasteiger partial charge on any atom is 0.217 e. The van der Waals surface area contributed by atoms with Gasteiger partial charge in [0, 0.05) is 30.8 Å². The van der Waals surface area contributed by atoms with Crippen molar-refractivity contribution in [3.8, 4) is 5.75 Å². The summed E-state index contributed by atoms with van der Waals surface area (Å²) < 4.78 is 39.4. The minimum absolute atomic E-state index is 0.0604. The molecule has 1 aliphatic heterocycles. The van der Waals surface area contributed by atoms with Crippen LogP contribution in [0.25, 0.3) is 0 Å². The van der Waals surface area contributed by atoms with Crippen LogP contribution >= 0.6 is 12.6 Å². The second kappa shape index (κ2) is 11.1. The number of amides is 1. The molecule has 5 nitrogen and oxygen atoms in total. The molecule has 0 spiro atoms. The van der Waals surface area contributed by atoms with Crippen molar-refractivity contribution in [3.63, 3.8) is 0 Å². The first-order chi connectivity index (χ1) is 15.9. The fourth-order valence-corrected chi connectivity index (χ4v) is 4.57. The molecule has 0 aromatic heterocycles. The SMILES string of the molecule is CC(=O)N[C@@H](Cc1cc(F)cc(F)c1)[C@H](S)CN[C@@H]1COC(C)(C)c2ccc(OC(C)C)cc21. The van der Waals surface area contributed by atoms with E-state index in [1.807, 2.05) is 45.9 Å². The van der Waals surface area contributed by atoms with Gasteiger partial charge in [-0.05, 0) is 75.1 Å². The summed E-state index contributed by atoms with van der Waals surface area (Å²) in [4.78, 5) is 11.8. The first-order valence-electron chi connectivity index (χ1n) is 11.5. The van der Waals surface area contributed by atoms with Crippen molar-refractivity contribution in [2.75, 3.05) is 13.2 Å². The summed E-state index contributed by atoms with van der Waals surface area (Å²) in [6, 6.07) is 8.89. The molecular weight excluding hydrogens is 458 g/mol. The first kappa shape index (κ1) is 26.4. The number of carbonyl (C=O) groups is 1. The molecule has 0 aliphatic carbocycles. The third-order valence-electron chi connectivity index (χ3n) is 5.83. The average Bonchev–Trinajstić information content (AvgIpc) is 2.71. The Morgan fingerprint density at radius 3 is 2.50 bits per heavy atom. The molecule has 8 heteroatoms. The number of carbonyl (C=O) groups excluding carboxylic acids is 1. The van der Waals surface area contributed by atoms with Gasteiger partial charge < -0.3 is 20.1 Å². The molecule has 34 heavy (non-hydrogen) atoms. The van der Waals surface area contributed by atoms with Crippen molar-refractivity contribution < 1.29 is 23.0 Å². The van der Waals surface area contributed by atoms with E-state index in [0.29, 0.717) is 18.7 Å². The van der Waals surface area contributed by atoms with Crippen LogP contribution in [0.3, 0.4) is 0 Å². The molecule has 0 saturated heterocycles. The number of fused-ring (bicyclic) bond motifs is 1. The number of hydrogen-bond donors (Lipinski definition) is 3. The molecule has 0 fully saturated rings. The minimum atomic E-state index is -0.650. The number of thiol groups is 1. The van der Waals surface area contributed by atoms with Gasteiger partial charge >= 0.3 is 0 Å². The van der Waals surface area contributed by atoms with E-state index in [0.717, 1.165) is 22.9 Å². The molecule has 2 N–H and O–H groups in total. The quantitative estimate of drug-likeness (QED) is 0.445. The lowest BCUT2D eigenvalue weighted by molar-refractivity contribution is -0.119. The smallest absolute Gasteiger partial charge is 0.217 e. The van der Waals surface area contributed by atoms with E-state index in [4.69, 9.17) is 22.1 Å². The molecule has 2 aromatic rings. The number of benzene rings is 2. The van der Waals surface area contributed by atoms with Crippen LogP contribution in [0, 0.1) is 11.6 Å². The lowest BCUT2D eigenvalue weighted by atomic mass is 9.86. The van der Waals surface area contributed by atoms with Crippen molar-refractivity contribution in [2.24, 2.45) is 0 Å². The third kappa shape index (κ3) is 6.93. The van der Waals surface area contributed by atoms with E-state index in [2.05, 4.69) is 10.6 Å². The van der Waals surface area contributed by atoms with Crippen LogP contribution in [0.15, 0.2) is 36.4 Å². The zero-order chi connectivity index (χ0) is 25.0. The van der Waals surface area contributed by atoms with E-state index in [1.54, 1.807) is 0 Å². The summed E-state index contributed by atoms with van der Waals surface area (Å²) in [5.74, 6) is -0.735. The third-order valence-corrected chi connectivity index (χ3v) is 6.38. The Morgan fingerprint density at radius 2 is 1.88 bits per heavy atom. The molecule has 3 atom stereocenters.